The Morgan fingerprint density at radius 3 is 2.42 bits per heavy atom. The van der Waals surface area contributed by atoms with Gasteiger partial charge in [-0.1, -0.05) is 59.8 Å². The number of nitrogens with two attached hydrogens (primary N) is 1. The van der Waals surface area contributed by atoms with Crippen LogP contribution in [0.2, 0.25) is 0 Å². The quantitative estimate of drug-likeness (QED) is 0.394. The smallest absolute Gasteiger partial charge is 0.247 e. The summed E-state index contributed by atoms with van der Waals surface area (Å²) in [4.78, 5) is 40.2. The van der Waals surface area contributed by atoms with Crippen LogP contribution in [-0.2, 0) is 20.8 Å². The molecule has 1 aromatic heterocycles. The standard InChI is InChI=1S/C28H32N6O4/c1-17(34-16-24(31-32-34)21-11-12-21)28(38)33-15-22(35)14-25(33)27(37)30-23(26(29)36)13-18-7-9-20(10-8-18)19-5-3-2-4-6-19/h2-10,16-17,21-23,25,35H,11-15H2,1H3,(H2,29,36)(H,30,37)/t17-,22+,23+,25?/m0/s1. The highest BCUT2D eigenvalue weighted by molar-refractivity contribution is 5.93. The van der Waals surface area contributed by atoms with E-state index < -0.39 is 36.0 Å². The van der Waals surface area contributed by atoms with Gasteiger partial charge in [-0.25, -0.2) is 4.68 Å². The molecule has 1 saturated heterocycles. The molecule has 0 bridgehead atoms. The van der Waals surface area contributed by atoms with Crippen molar-refractivity contribution in [1.29, 1.82) is 0 Å². The first-order valence-corrected chi connectivity index (χ1v) is 12.9. The van der Waals surface area contributed by atoms with Crippen LogP contribution in [0.4, 0.5) is 0 Å². The minimum atomic E-state index is -0.964. The van der Waals surface area contributed by atoms with Crippen LogP contribution >= 0.6 is 0 Å². The topological polar surface area (TPSA) is 143 Å². The van der Waals surface area contributed by atoms with Crippen molar-refractivity contribution >= 4 is 17.7 Å². The van der Waals surface area contributed by atoms with Crippen LogP contribution in [0, 0.1) is 0 Å². The summed E-state index contributed by atoms with van der Waals surface area (Å²) in [6.45, 7) is 1.71. The number of aromatic nitrogens is 3. The lowest BCUT2D eigenvalue weighted by Crippen LogP contribution is -2.53. The predicted octanol–water partition coefficient (Wildman–Crippen LogP) is 1.56. The molecule has 3 aromatic rings. The first kappa shape index (κ1) is 25.6. The molecule has 1 aliphatic carbocycles. The van der Waals surface area contributed by atoms with E-state index in [9.17, 15) is 19.5 Å². The van der Waals surface area contributed by atoms with E-state index in [-0.39, 0.29) is 25.3 Å². The van der Waals surface area contributed by atoms with E-state index in [0.717, 1.165) is 35.2 Å². The maximum absolute atomic E-state index is 13.3. The van der Waals surface area contributed by atoms with Gasteiger partial charge in [-0.15, -0.1) is 5.10 Å². The van der Waals surface area contributed by atoms with Gasteiger partial charge in [0.25, 0.3) is 0 Å². The van der Waals surface area contributed by atoms with E-state index in [1.54, 1.807) is 13.1 Å². The fraction of sp³-hybridized carbons (Fsp3) is 0.393. The van der Waals surface area contributed by atoms with Gasteiger partial charge in [0.2, 0.25) is 17.7 Å². The molecule has 38 heavy (non-hydrogen) atoms. The van der Waals surface area contributed by atoms with Crippen molar-refractivity contribution in [3.8, 4) is 11.1 Å². The molecule has 1 unspecified atom stereocenters. The Morgan fingerprint density at radius 1 is 1.08 bits per heavy atom. The molecule has 3 amide bonds. The van der Waals surface area contributed by atoms with Crippen molar-refractivity contribution in [2.45, 2.75) is 62.8 Å². The van der Waals surface area contributed by atoms with E-state index in [4.69, 9.17) is 5.73 Å². The molecule has 0 spiro atoms. The van der Waals surface area contributed by atoms with Crippen LogP contribution in [0.25, 0.3) is 11.1 Å². The highest BCUT2D eigenvalue weighted by Crippen LogP contribution is 2.38. The summed E-state index contributed by atoms with van der Waals surface area (Å²) in [5.41, 5.74) is 9.44. The molecule has 1 aliphatic heterocycles. The lowest BCUT2D eigenvalue weighted by Gasteiger charge is -2.27. The molecule has 198 valence electrons. The first-order valence-electron chi connectivity index (χ1n) is 12.9. The minimum Gasteiger partial charge on any atom is -0.391 e. The van der Waals surface area contributed by atoms with Gasteiger partial charge >= 0.3 is 0 Å². The summed E-state index contributed by atoms with van der Waals surface area (Å²) in [7, 11) is 0. The number of carbonyl (C=O) groups excluding carboxylic acids is 3. The van der Waals surface area contributed by atoms with Crippen molar-refractivity contribution < 1.29 is 19.5 Å². The van der Waals surface area contributed by atoms with Crippen LogP contribution in [-0.4, -0.2) is 67.5 Å². The summed E-state index contributed by atoms with van der Waals surface area (Å²) in [6, 6.07) is 15.0. The SMILES string of the molecule is C[C@@H](C(=O)N1C[C@H](O)CC1C(=O)N[C@H](Cc1ccc(-c2ccccc2)cc1)C(N)=O)n1cc(C2CC2)nn1. The highest BCUT2D eigenvalue weighted by atomic mass is 16.3. The first-order chi connectivity index (χ1) is 18.3. The van der Waals surface area contributed by atoms with Gasteiger partial charge < -0.3 is 21.1 Å². The van der Waals surface area contributed by atoms with Gasteiger partial charge in [-0.2, -0.15) is 0 Å². The number of benzene rings is 2. The molecule has 10 nitrogen and oxygen atoms in total. The van der Waals surface area contributed by atoms with Gasteiger partial charge in [0.1, 0.15) is 18.1 Å². The molecule has 5 rings (SSSR count). The number of amides is 3. The Hall–Kier alpha value is -4.05. The summed E-state index contributed by atoms with van der Waals surface area (Å²) in [5.74, 6) is -1.14. The average Bonchev–Trinajstić information content (AvgIpc) is 3.52. The Bertz CT molecular complexity index is 1300. The Labute approximate surface area is 220 Å². The fourth-order valence-electron chi connectivity index (χ4n) is 4.90. The number of aliphatic hydroxyl groups is 1. The van der Waals surface area contributed by atoms with Crippen molar-refractivity contribution in [3.63, 3.8) is 0 Å². The van der Waals surface area contributed by atoms with Gasteiger partial charge in [-0.3, -0.25) is 14.4 Å². The van der Waals surface area contributed by atoms with Crippen LogP contribution in [0.15, 0.2) is 60.8 Å². The number of carbonyl (C=O) groups is 3. The zero-order valence-corrected chi connectivity index (χ0v) is 21.2. The van der Waals surface area contributed by atoms with E-state index in [1.165, 1.54) is 9.58 Å². The minimum absolute atomic E-state index is 0.0215. The average molecular weight is 517 g/mol. The van der Waals surface area contributed by atoms with Crippen LogP contribution in [0.5, 0.6) is 0 Å². The molecule has 2 aromatic carbocycles. The maximum Gasteiger partial charge on any atom is 0.247 e. The molecular formula is C28H32N6O4. The number of aliphatic hydroxyl groups excluding tert-OH is 1. The van der Waals surface area contributed by atoms with Crippen LogP contribution in [0.1, 0.15) is 49.4 Å². The number of nitrogens with one attached hydrogen (secondary N) is 1. The third kappa shape index (κ3) is 5.60. The normalized spacial score (nSPS) is 20.6. The van der Waals surface area contributed by atoms with E-state index in [0.29, 0.717) is 5.92 Å². The van der Waals surface area contributed by atoms with Crippen molar-refractivity contribution in [1.82, 2.24) is 25.2 Å². The summed E-state index contributed by atoms with van der Waals surface area (Å²) >= 11 is 0. The lowest BCUT2D eigenvalue weighted by atomic mass is 10.00. The second-order valence-electron chi connectivity index (χ2n) is 10.2. The second kappa shape index (κ2) is 10.7. The molecule has 1 saturated carbocycles. The van der Waals surface area contributed by atoms with Gasteiger partial charge in [0, 0.05) is 31.5 Å². The molecule has 2 aliphatic rings. The van der Waals surface area contributed by atoms with Crippen molar-refractivity contribution in [2.24, 2.45) is 5.73 Å². The number of nitrogens with zero attached hydrogens (tertiary/aromatic N) is 4. The number of hydrogen-bond acceptors (Lipinski definition) is 6. The van der Waals surface area contributed by atoms with Gasteiger partial charge in [0.15, 0.2) is 0 Å². The molecule has 4 N–H and O–H groups in total. The van der Waals surface area contributed by atoms with Crippen LogP contribution < -0.4 is 11.1 Å². The third-order valence-corrected chi connectivity index (χ3v) is 7.30. The zero-order chi connectivity index (χ0) is 26.8. The largest absolute Gasteiger partial charge is 0.391 e. The summed E-state index contributed by atoms with van der Waals surface area (Å²) < 4.78 is 1.50. The van der Waals surface area contributed by atoms with Crippen molar-refractivity contribution in [3.05, 3.63) is 72.1 Å². The Balaban J connectivity index is 1.25. The molecule has 2 fully saturated rings. The number of β-amino-alcohol motifs (C(OH)–C–C–N with tert-alkyl or cyclic N) is 1. The lowest BCUT2D eigenvalue weighted by molar-refractivity contribution is -0.141. The van der Waals surface area contributed by atoms with E-state index in [2.05, 4.69) is 15.6 Å². The maximum atomic E-state index is 13.3. The number of hydrogen-bond donors (Lipinski definition) is 3. The number of likely N-dealkylation sites (tertiary alicyclic amines) is 1. The number of primary amides is 1. The summed E-state index contributed by atoms with van der Waals surface area (Å²) in [5, 5.41) is 21.3. The second-order valence-corrected chi connectivity index (χ2v) is 10.2. The highest BCUT2D eigenvalue weighted by Gasteiger charge is 2.42. The van der Waals surface area contributed by atoms with E-state index >= 15 is 0 Å². The van der Waals surface area contributed by atoms with Gasteiger partial charge in [0.05, 0.1) is 11.8 Å². The number of rotatable bonds is 9. The Kier molecular flexibility index (Phi) is 7.24. The Morgan fingerprint density at radius 2 is 1.76 bits per heavy atom. The zero-order valence-electron chi connectivity index (χ0n) is 21.2. The summed E-state index contributed by atoms with van der Waals surface area (Å²) in [6.07, 6.45) is 3.34. The van der Waals surface area contributed by atoms with Crippen LogP contribution in [0.3, 0.4) is 0 Å². The molecule has 10 heteroatoms. The molecule has 2 heterocycles. The van der Waals surface area contributed by atoms with E-state index in [1.807, 2.05) is 54.6 Å². The molecule has 0 radical (unpaired) electrons. The van der Waals surface area contributed by atoms with Gasteiger partial charge in [-0.05, 0) is 36.5 Å². The fourth-order valence-corrected chi connectivity index (χ4v) is 4.90. The predicted molar refractivity (Wildman–Crippen MR) is 140 cm³/mol. The van der Waals surface area contributed by atoms with Crippen molar-refractivity contribution in [2.75, 3.05) is 6.54 Å². The molecular weight excluding hydrogens is 484 g/mol. The third-order valence-electron chi connectivity index (χ3n) is 7.30. The monoisotopic (exact) mass is 516 g/mol. The molecule has 4 atom stereocenters.